The van der Waals surface area contributed by atoms with E-state index in [-0.39, 0.29) is 15.1 Å². The molecule has 0 saturated carbocycles. The summed E-state index contributed by atoms with van der Waals surface area (Å²) in [6, 6.07) is 16.2. The summed E-state index contributed by atoms with van der Waals surface area (Å²) >= 11 is 1.10. The molecule has 4 rings (SSSR count). The van der Waals surface area contributed by atoms with Crippen molar-refractivity contribution in [2.45, 2.75) is 9.10 Å². The molecule has 0 spiro atoms. The van der Waals surface area contributed by atoms with Gasteiger partial charge < -0.3 is 5.32 Å². The maximum absolute atomic E-state index is 12.5. The van der Waals surface area contributed by atoms with Gasteiger partial charge in [0.15, 0.2) is 0 Å². The summed E-state index contributed by atoms with van der Waals surface area (Å²) in [5.41, 5.74) is 0.982. The standard InChI is InChI=1S/C21H17N5O5S3/c27-20(15-4-6-17(7-5-15)25-34(30,31)19-3-1-14-32-19)24-16-8-10-18(11-9-16)33(28,29)26-21-22-12-2-13-23-21/h1-14,25H,(H,24,27)(H,22,23,26). The Morgan fingerprint density at radius 1 is 0.735 bits per heavy atom. The van der Waals surface area contributed by atoms with Crippen molar-refractivity contribution in [2.75, 3.05) is 14.8 Å². The van der Waals surface area contributed by atoms with Gasteiger partial charge in [0.2, 0.25) is 5.95 Å². The highest BCUT2D eigenvalue weighted by atomic mass is 32.2. The SMILES string of the molecule is O=C(Nc1ccc(S(=O)(=O)Nc2ncccn2)cc1)c1ccc(NS(=O)(=O)c2cccs2)cc1. The molecular weight excluding hydrogens is 498 g/mol. The van der Waals surface area contributed by atoms with Crippen molar-refractivity contribution in [1.82, 2.24) is 9.97 Å². The molecule has 0 radical (unpaired) electrons. The number of sulfonamides is 2. The van der Waals surface area contributed by atoms with E-state index in [1.807, 2.05) is 0 Å². The number of amides is 1. The molecule has 0 atom stereocenters. The number of thiophene rings is 1. The Labute approximate surface area is 199 Å². The first-order valence-electron chi connectivity index (χ1n) is 9.61. The van der Waals surface area contributed by atoms with E-state index in [1.165, 1.54) is 67.0 Å². The summed E-state index contributed by atoms with van der Waals surface area (Å²) in [6.45, 7) is 0. The lowest BCUT2D eigenvalue weighted by atomic mass is 10.2. The van der Waals surface area contributed by atoms with Crippen molar-refractivity contribution < 1.29 is 21.6 Å². The van der Waals surface area contributed by atoms with Crippen LogP contribution >= 0.6 is 11.3 Å². The molecule has 0 saturated heterocycles. The second kappa shape index (κ2) is 9.59. The van der Waals surface area contributed by atoms with Crippen LogP contribution in [0.2, 0.25) is 0 Å². The van der Waals surface area contributed by atoms with Crippen LogP contribution < -0.4 is 14.8 Å². The molecule has 174 valence electrons. The fourth-order valence-corrected chi connectivity index (χ4v) is 5.77. The van der Waals surface area contributed by atoms with E-state index in [4.69, 9.17) is 0 Å². The van der Waals surface area contributed by atoms with E-state index in [0.29, 0.717) is 16.9 Å². The summed E-state index contributed by atoms with van der Waals surface area (Å²) in [7, 11) is -7.57. The number of hydrogen-bond acceptors (Lipinski definition) is 8. The maximum Gasteiger partial charge on any atom is 0.271 e. The van der Waals surface area contributed by atoms with Gasteiger partial charge in [0, 0.05) is 29.3 Å². The average Bonchev–Trinajstić information content (AvgIpc) is 3.36. The molecule has 0 fully saturated rings. The number of nitrogens with zero attached hydrogens (tertiary/aromatic N) is 2. The van der Waals surface area contributed by atoms with Crippen molar-refractivity contribution >= 4 is 54.6 Å². The Hall–Kier alpha value is -3.81. The Kier molecular flexibility index (Phi) is 6.58. The molecule has 0 unspecified atom stereocenters. The van der Waals surface area contributed by atoms with Crippen molar-refractivity contribution in [3.63, 3.8) is 0 Å². The molecule has 34 heavy (non-hydrogen) atoms. The Bertz CT molecular complexity index is 1490. The van der Waals surface area contributed by atoms with Gasteiger partial charge in [-0.2, -0.15) is 0 Å². The number of benzene rings is 2. The molecule has 10 nitrogen and oxygen atoms in total. The van der Waals surface area contributed by atoms with Gasteiger partial charge in [0.1, 0.15) is 4.21 Å². The molecule has 0 aliphatic rings. The lowest BCUT2D eigenvalue weighted by Gasteiger charge is -2.09. The number of nitrogens with one attached hydrogen (secondary N) is 3. The summed E-state index contributed by atoms with van der Waals surface area (Å²) in [4.78, 5) is 20.1. The maximum atomic E-state index is 12.5. The first-order valence-corrected chi connectivity index (χ1v) is 13.5. The topological polar surface area (TPSA) is 147 Å². The van der Waals surface area contributed by atoms with E-state index in [2.05, 4.69) is 24.7 Å². The van der Waals surface area contributed by atoms with Gasteiger partial charge in [0.05, 0.1) is 4.90 Å². The van der Waals surface area contributed by atoms with E-state index >= 15 is 0 Å². The van der Waals surface area contributed by atoms with Crippen molar-refractivity contribution in [3.05, 3.63) is 90.1 Å². The molecule has 3 N–H and O–H groups in total. The minimum absolute atomic E-state index is 0.0275. The average molecular weight is 516 g/mol. The minimum Gasteiger partial charge on any atom is -0.322 e. The Morgan fingerprint density at radius 3 is 2.00 bits per heavy atom. The lowest BCUT2D eigenvalue weighted by molar-refractivity contribution is 0.102. The van der Waals surface area contributed by atoms with E-state index < -0.39 is 26.0 Å². The smallest absolute Gasteiger partial charge is 0.271 e. The van der Waals surface area contributed by atoms with Gasteiger partial charge in [-0.1, -0.05) is 6.07 Å². The molecule has 2 heterocycles. The van der Waals surface area contributed by atoms with E-state index in [9.17, 15) is 21.6 Å². The fourth-order valence-electron chi connectivity index (χ4n) is 2.76. The third kappa shape index (κ3) is 5.57. The van der Waals surface area contributed by atoms with Gasteiger partial charge in [-0.15, -0.1) is 11.3 Å². The summed E-state index contributed by atoms with van der Waals surface area (Å²) < 4.78 is 54.4. The molecule has 0 bridgehead atoms. The number of aromatic nitrogens is 2. The quantitative estimate of drug-likeness (QED) is 0.326. The van der Waals surface area contributed by atoms with E-state index in [0.717, 1.165) is 11.3 Å². The van der Waals surface area contributed by atoms with Crippen LogP contribution in [-0.4, -0.2) is 32.7 Å². The van der Waals surface area contributed by atoms with Gasteiger partial charge in [-0.3, -0.25) is 9.52 Å². The molecule has 13 heteroatoms. The first-order chi connectivity index (χ1) is 16.2. The van der Waals surface area contributed by atoms with Crippen LogP contribution in [0.5, 0.6) is 0 Å². The van der Waals surface area contributed by atoms with Crippen LogP contribution in [0.4, 0.5) is 17.3 Å². The fraction of sp³-hybridized carbons (Fsp3) is 0. The Balaban J connectivity index is 1.40. The van der Waals surface area contributed by atoms with Crippen LogP contribution in [0.1, 0.15) is 10.4 Å². The molecule has 0 aliphatic carbocycles. The molecule has 1 amide bonds. The highest BCUT2D eigenvalue weighted by molar-refractivity contribution is 7.94. The molecule has 0 aliphatic heterocycles. The number of carbonyl (C=O) groups is 1. The number of anilines is 3. The highest BCUT2D eigenvalue weighted by Crippen LogP contribution is 2.21. The van der Waals surface area contributed by atoms with Gasteiger partial charge in [-0.25, -0.2) is 31.5 Å². The van der Waals surface area contributed by atoms with Crippen LogP contribution in [-0.2, 0) is 20.0 Å². The molecule has 4 aromatic rings. The van der Waals surface area contributed by atoms with Crippen LogP contribution in [0.3, 0.4) is 0 Å². The minimum atomic E-state index is -3.89. The van der Waals surface area contributed by atoms with Gasteiger partial charge in [-0.05, 0) is 66.0 Å². The predicted molar refractivity (Wildman–Crippen MR) is 129 cm³/mol. The zero-order chi connectivity index (χ0) is 24.2. The van der Waals surface area contributed by atoms with Gasteiger partial charge in [0.25, 0.3) is 26.0 Å². The largest absolute Gasteiger partial charge is 0.322 e. The molecular formula is C21H17N5O5S3. The van der Waals surface area contributed by atoms with Crippen LogP contribution in [0.15, 0.2) is 93.6 Å². The highest BCUT2D eigenvalue weighted by Gasteiger charge is 2.17. The van der Waals surface area contributed by atoms with Crippen LogP contribution in [0, 0.1) is 0 Å². The third-order valence-electron chi connectivity index (χ3n) is 4.37. The second-order valence-electron chi connectivity index (χ2n) is 6.77. The molecule has 2 aromatic heterocycles. The monoisotopic (exact) mass is 515 g/mol. The third-order valence-corrected chi connectivity index (χ3v) is 8.50. The predicted octanol–water partition coefficient (Wildman–Crippen LogP) is 3.39. The zero-order valence-electron chi connectivity index (χ0n) is 17.2. The number of carbonyl (C=O) groups excluding carboxylic acids is 1. The molecule has 2 aromatic carbocycles. The normalized spacial score (nSPS) is 11.5. The summed E-state index contributed by atoms with van der Waals surface area (Å²) in [5, 5.41) is 4.33. The lowest BCUT2D eigenvalue weighted by Crippen LogP contribution is -2.15. The summed E-state index contributed by atoms with van der Waals surface area (Å²) in [5.74, 6) is -0.500. The van der Waals surface area contributed by atoms with Crippen LogP contribution in [0.25, 0.3) is 0 Å². The van der Waals surface area contributed by atoms with Crippen molar-refractivity contribution in [1.29, 1.82) is 0 Å². The zero-order valence-corrected chi connectivity index (χ0v) is 19.7. The second-order valence-corrected chi connectivity index (χ2v) is 11.3. The number of hydrogen-bond donors (Lipinski definition) is 3. The Morgan fingerprint density at radius 2 is 1.38 bits per heavy atom. The first kappa shape index (κ1) is 23.4. The van der Waals surface area contributed by atoms with E-state index in [1.54, 1.807) is 17.5 Å². The van der Waals surface area contributed by atoms with Crippen molar-refractivity contribution in [3.8, 4) is 0 Å². The van der Waals surface area contributed by atoms with Gasteiger partial charge >= 0.3 is 0 Å². The summed E-state index contributed by atoms with van der Waals surface area (Å²) in [6.07, 6.45) is 2.82. The number of rotatable bonds is 8. The van der Waals surface area contributed by atoms with Crippen molar-refractivity contribution in [2.24, 2.45) is 0 Å².